The van der Waals surface area contributed by atoms with Gasteiger partial charge in [0.15, 0.2) is 0 Å². The van der Waals surface area contributed by atoms with Gasteiger partial charge in [-0.25, -0.2) is 18.6 Å². The number of carboxylic acids is 1. The second kappa shape index (κ2) is 18.1. The molecular formula is C33H44F2N4O3. The van der Waals surface area contributed by atoms with Gasteiger partial charge < -0.3 is 25.4 Å². The first-order valence-corrected chi connectivity index (χ1v) is 14.7. The van der Waals surface area contributed by atoms with Crippen LogP contribution in [0, 0.1) is 0 Å². The van der Waals surface area contributed by atoms with Crippen LogP contribution in [0.15, 0.2) is 73.0 Å². The molecule has 1 atom stereocenters. The summed E-state index contributed by atoms with van der Waals surface area (Å²) in [7, 11) is 0. The Balaban J connectivity index is 1.51. The Morgan fingerprint density at radius 1 is 1.17 bits per heavy atom. The van der Waals surface area contributed by atoms with Gasteiger partial charge in [0.05, 0.1) is 6.61 Å². The third-order valence-corrected chi connectivity index (χ3v) is 7.18. The molecule has 1 aliphatic heterocycles. The van der Waals surface area contributed by atoms with Crippen molar-refractivity contribution in [2.45, 2.75) is 57.9 Å². The predicted molar refractivity (Wildman–Crippen MR) is 165 cm³/mol. The van der Waals surface area contributed by atoms with Gasteiger partial charge in [-0.1, -0.05) is 55.1 Å². The highest BCUT2D eigenvalue weighted by Crippen LogP contribution is 2.20. The Morgan fingerprint density at radius 2 is 1.98 bits per heavy atom. The number of carbonyl (C=O) groups is 1. The fourth-order valence-corrected chi connectivity index (χ4v) is 4.87. The molecule has 0 bridgehead atoms. The number of anilines is 1. The van der Waals surface area contributed by atoms with Gasteiger partial charge >= 0.3 is 5.97 Å². The number of carboxylic acid groups (broad SMARTS) is 1. The van der Waals surface area contributed by atoms with Crippen molar-refractivity contribution in [3.05, 3.63) is 89.8 Å². The fraction of sp³-hybridized carbons (Fsp3) is 0.455. The van der Waals surface area contributed by atoms with E-state index < -0.39 is 25.0 Å². The topological polar surface area (TPSA) is 86.7 Å². The van der Waals surface area contributed by atoms with E-state index in [0.717, 1.165) is 61.3 Å². The van der Waals surface area contributed by atoms with Crippen molar-refractivity contribution in [2.75, 3.05) is 44.7 Å². The molecule has 2 heterocycles. The van der Waals surface area contributed by atoms with Gasteiger partial charge in [-0.15, -0.1) is 0 Å². The van der Waals surface area contributed by atoms with E-state index in [1.54, 1.807) is 6.08 Å². The Hall–Kier alpha value is -3.56. The number of nitrogens with one attached hydrogen (secondary N) is 2. The molecule has 228 valence electrons. The van der Waals surface area contributed by atoms with E-state index in [0.29, 0.717) is 31.8 Å². The quantitative estimate of drug-likeness (QED) is 0.139. The van der Waals surface area contributed by atoms with E-state index in [9.17, 15) is 18.7 Å². The van der Waals surface area contributed by atoms with Crippen molar-refractivity contribution in [3.8, 4) is 0 Å². The number of allylic oxidation sites excluding steroid dienone is 4. The zero-order valence-electron chi connectivity index (χ0n) is 24.5. The van der Waals surface area contributed by atoms with Gasteiger partial charge in [0.1, 0.15) is 18.5 Å². The van der Waals surface area contributed by atoms with Gasteiger partial charge in [0.2, 0.25) is 0 Å². The molecule has 2 aromatic rings. The lowest BCUT2D eigenvalue weighted by atomic mass is 10.1. The maximum atomic E-state index is 12.5. The van der Waals surface area contributed by atoms with Crippen LogP contribution in [-0.4, -0.2) is 72.8 Å². The van der Waals surface area contributed by atoms with Crippen LogP contribution in [0.2, 0.25) is 0 Å². The minimum Gasteiger partial charge on any atom is -0.480 e. The van der Waals surface area contributed by atoms with Crippen LogP contribution in [0.25, 0.3) is 5.57 Å². The molecular weight excluding hydrogens is 538 g/mol. The number of unbranched alkanes of at least 4 members (excludes halogenated alkanes) is 1. The molecule has 0 saturated heterocycles. The number of benzene rings is 1. The summed E-state index contributed by atoms with van der Waals surface area (Å²) in [5.41, 5.74) is 4.87. The lowest BCUT2D eigenvalue weighted by molar-refractivity contribution is -0.139. The lowest BCUT2D eigenvalue weighted by Gasteiger charge is -2.25. The molecule has 0 aliphatic carbocycles. The second-order valence-electron chi connectivity index (χ2n) is 10.4. The third-order valence-electron chi connectivity index (χ3n) is 7.18. The molecule has 1 aromatic carbocycles. The van der Waals surface area contributed by atoms with Crippen LogP contribution >= 0.6 is 0 Å². The normalized spacial score (nSPS) is 14.2. The molecule has 9 heteroatoms. The number of aryl methyl sites for hydroxylation is 2. The minimum atomic E-state index is -2.51. The maximum Gasteiger partial charge on any atom is 0.326 e. The van der Waals surface area contributed by atoms with E-state index >= 15 is 0 Å². The molecule has 42 heavy (non-hydrogen) atoms. The summed E-state index contributed by atoms with van der Waals surface area (Å²) in [6.45, 7) is 8.08. The monoisotopic (exact) mass is 582 g/mol. The highest BCUT2D eigenvalue weighted by atomic mass is 19.3. The van der Waals surface area contributed by atoms with Gasteiger partial charge in [0.25, 0.3) is 6.43 Å². The number of fused-ring (bicyclic) bond motifs is 1. The number of ether oxygens (including phenoxy) is 1. The summed E-state index contributed by atoms with van der Waals surface area (Å²) < 4.78 is 30.2. The maximum absolute atomic E-state index is 12.5. The highest BCUT2D eigenvalue weighted by molar-refractivity contribution is 5.75. The summed E-state index contributed by atoms with van der Waals surface area (Å²) in [6.07, 6.45) is 8.28. The first-order valence-electron chi connectivity index (χ1n) is 14.7. The molecule has 3 rings (SSSR count). The third kappa shape index (κ3) is 11.7. The molecule has 3 N–H and O–H groups in total. The van der Waals surface area contributed by atoms with Crippen molar-refractivity contribution in [2.24, 2.45) is 0 Å². The molecule has 1 unspecified atom stereocenters. The largest absolute Gasteiger partial charge is 0.480 e. The highest BCUT2D eigenvalue weighted by Gasteiger charge is 2.19. The summed E-state index contributed by atoms with van der Waals surface area (Å²) in [4.78, 5) is 18.9. The first-order chi connectivity index (χ1) is 20.4. The van der Waals surface area contributed by atoms with Crippen molar-refractivity contribution in [3.63, 3.8) is 0 Å². The van der Waals surface area contributed by atoms with E-state index in [-0.39, 0.29) is 6.61 Å². The number of nitrogens with zero attached hydrogens (tertiary/aromatic N) is 2. The van der Waals surface area contributed by atoms with Crippen LogP contribution in [0.5, 0.6) is 0 Å². The molecule has 0 fully saturated rings. The van der Waals surface area contributed by atoms with E-state index in [1.165, 1.54) is 5.56 Å². The van der Waals surface area contributed by atoms with Crippen molar-refractivity contribution in [1.82, 2.24) is 15.2 Å². The van der Waals surface area contributed by atoms with E-state index in [2.05, 4.69) is 34.2 Å². The van der Waals surface area contributed by atoms with E-state index in [1.807, 2.05) is 49.4 Å². The molecule has 0 saturated carbocycles. The number of hydrogen-bond acceptors (Lipinski definition) is 6. The molecule has 1 aromatic heterocycles. The number of hydrogen-bond donors (Lipinski definition) is 3. The Labute approximate surface area is 248 Å². The molecule has 7 nitrogen and oxygen atoms in total. The van der Waals surface area contributed by atoms with Gasteiger partial charge in [-0.2, -0.15) is 0 Å². The number of aliphatic carboxylic acids is 1. The Kier molecular flexibility index (Phi) is 14.2. The molecule has 0 spiro atoms. The van der Waals surface area contributed by atoms with Crippen molar-refractivity contribution in [1.29, 1.82) is 0 Å². The minimum absolute atomic E-state index is 0.161. The fourth-order valence-electron chi connectivity index (χ4n) is 4.87. The smallest absolute Gasteiger partial charge is 0.326 e. The molecule has 0 radical (unpaired) electrons. The second-order valence-corrected chi connectivity index (χ2v) is 10.4. The Bertz CT molecular complexity index is 1190. The lowest BCUT2D eigenvalue weighted by Crippen LogP contribution is -2.40. The summed E-state index contributed by atoms with van der Waals surface area (Å²) in [5, 5.41) is 16.2. The van der Waals surface area contributed by atoms with Crippen molar-refractivity contribution >= 4 is 17.4 Å². The van der Waals surface area contributed by atoms with Gasteiger partial charge in [0, 0.05) is 31.0 Å². The average Bonchev–Trinajstić information content (AvgIpc) is 2.99. The number of pyridine rings is 1. The van der Waals surface area contributed by atoms with Crippen molar-refractivity contribution < 1.29 is 23.4 Å². The predicted octanol–water partition coefficient (Wildman–Crippen LogP) is 5.95. The molecule has 0 amide bonds. The number of rotatable bonds is 19. The average molecular weight is 583 g/mol. The van der Waals surface area contributed by atoms with Crippen LogP contribution in [0.3, 0.4) is 0 Å². The number of aromatic nitrogens is 1. The first kappa shape index (κ1) is 32.9. The van der Waals surface area contributed by atoms with E-state index in [4.69, 9.17) is 9.72 Å². The zero-order chi connectivity index (χ0) is 30.2. The van der Waals surface area contributed by atoms with Gasteiger partial charge in [-0.3, -0.25) is 0 Å². The summed E-state index contributed by atoms with van der Waals surface area (Å²) in [5.74, 6) is 0.0158. The SMILES string of the molecule is C=C(/C=C\C(=C/C)c1ccccc1)NC(CCN(CCCCc1ccc2c(n1)NCCC2)CCOCC(F)F)C(=O)O. The van der Waals surface area contributed by atoms with Crippen LogP contribution < -0.4 is 10.6 Å². The van der Waals surface area contributed by atoms with Crippen LogP contribution in [-0.2, 0) is 22.4 Å². The van der Waals surface area contributed by atoms with Gasteiger partial charge in [-0.05, 0) is 80.8 Å². The van der Waals surface area contributed by atoms with Crippen LogP contribution in [0.4, 0.5) is 14.6 Å². The standard InChI is InChI=1S/C33H44F2N4O3/c1-3-26(27-10-5-4-6-11-27)15-14-25(2)37-30(33(40)41)18-21-39(22-23-42-24-31(34)35)20-8-7-13-29-17-16-28-12-9-19-36-32(28)38-29/h3-6,10-11,14-17,30-31,37H,2,7-9,12-13,18-24H2,1H3,(H,36,38)(H,40,41)/b15-14-,26-3+. The van der Waals surface area contributed by atoms with Crippen LogP contribution in [0.1, 0.15) is 49.4 Å². The number of alkyl halides is 2. The number of halogens is 2. The molecule has 1 aliphatic rings. The Morgan fingerprint density at radius 3 is 2.71 bits per heavy atom. The zero-order valence-corrected chi connectivity index (χ0v) is 24.5. The summed E-state index contributed by atoms with van der Waals surface area (Å²) in [6, 6.07) is 13.3. The summed E-state index contributed by atoms with van der Waals surface area (Å²) >= 11 is 0.